The number of amides is 2. The average molecular weight is 449 g/mol. The fourth-order valence-corrected chi connectivity index (χ4v) is 3.61. The molecule has 0 aliphatic heterocycles. The van der Waals surface area contributed by atoms with E-state index in [9.17, 15) is 14.0 Å². The summed E-state index contributed by atoms with van der Waals surface area (Å²) >= 11 is 0. The van der Waals surface area contributed by atoms with Crippen molar-refractivity contribution >= 4 is 11.8 Å². The van der Waals surface area contributed by atoms with Gasteiger partial charge in [-0.1, -0.05) is 72.8 Å². The fourth-order valence-electron chi connectivity index (χ4n) is 3.61. The van der Waals surface area contributed by atoms with Gasteiger partial charge in [0.05, 0.1) is 6.42 Å². The van der Waals surface area contributed by atoms with Gasteiger partial charge in [0.1, 0.15) is 11.9 Å². The molecule has 0 aliphatic rings. The second-order valence-electron chi connectivity index (χ2n) is 7.76. The maximum Gasteiger partial charge on any atom is 0.247 e. The molecular weight excluding hydrogens is 419 g/mol. The quantitative estimate of drug-likeness (QED) is 0.445. The molecule has 172 valence electrons. The first-order valence-electron chi connectivity index (χ1n) is 11.0. The number of methoxy groups -OCH3 is 1. The van der Waals surface area contributed by atoms with Crippen LogP contribution in [-0.4, -0.2) is 37.0 Å². The van der Waals surface area contributed by atoms with Crippen molar-refractivity contribution in [2.75, 3.05) is 20.3 Å². The van der Waals surface area contributed by atoms with E-state index in [0.717, 1.165) is 11.1 Å². The van der Waals surface area contributed by atoms with Gasteiger partial charge >= 0.3 is 0 Å². The number of nitrogens with zero attached hydrogens (tertiary/aromatic N) is 1. The van der Waals surface area contributed by atoms with Crippen LogP contribution < -0.4 is 5.32 Å². The van der Waals surface area contributed by atoms with E-state index >= 15 is 0 Å². The molecule has 0 bridgehead atoms. The molecule has 0 fully saturated rings. The Morgan fingerprint density at radius 3 is 2.18 bits per heavy atom. The van der Waals surface area contributed by atoms with Gasteiger partial charge in [0, 0.05) is 26.8 Å². The number of rotatable bonds is 11. The third-order valence-electron chi connectivity index (χ3n) is 5.28. The van der Waals surface area contributed by atoms with Crippen LogP contribution in [0.15, 0.2) is 84.9 Å². The van der Waals surface area contributed by atoms with Crippen molar-refractivity contribution < 1.29 is 18.7 Å². The number of hydrogen-bond donors (Lipinski definition) is 1. The normalized spacial score (nSPS) is 11.6. The molecule has 2 amide bonds. The van der Waals surface area contributed by atoms with Crippen molar-refractivity contribution in [3.05, 3.63) is 107 Å². The molecule has 3 rings (SSSR count). The van der Waals surface area contributed by atoms with Crippen LogP contribution in [-0.2, 0) is 27.3 Å². The highest BCUT2D eigenvalue weighted by atomic mass is 19.1. The Balaban J connectivity index is 1.93. The van der Waals surface area contributed by atoms with E-state index in [0.29, 0.717) is 25.1 Å². The zero-order chi connectivity index (χ0) is 23.5. The van der Waals surface area contributed by atoms with Gasteiger partial charge in [0.15, 0.2) is 0 Å². The second kappa shape index (κ2) is 12.5. The van der Waals surface area contributed by atoms with E-state index in [2.05, 4.69) is 5.32 Å². The standard InChI is InChI=1S/C27H29FN2O3/c1-33-18-8-17-29-27(32)26(23-11-6-3-7-12-23)30(20-22-13-15-24(28)16-14-22)25(31)19-21-9-4-2-5-10-21/h2-7,9-16,26H,8,17-20H2,1H3,(H,29,32)/t26-/m1/s1. The lowest BCUT2D eigenvalue weighted by atomic mass is 10.0. The summed E-state index contributed by atoms with van der Waals surface area (Å²) in [5.41, 5.74) is 2.31. The number of halogens is 1. The minimum atomic E-state index is -0.824. The molecule has 0 aliphatic carbocycles. The molecule has 3 aromatic carbocycles. The summed E-state index contributed by atoms with van der Waals surface area (Å²) in [6.45, 7) is 1.15. The monoisotopic (exact) mass is 448 g/mol. The number of benzene rings is 3. The van der Waals surface area contributed by atoms with E-state index in [1.807, 2.05) is 60.7 Å². The average Bonchev–Trinajstić information content (AvgIpc) is 2.84. The van der Waals surface area contributed by atoms with Crippen molar-refractivity contribution in [1.29, 1.82) is 0 Å². The van der Waals surface area contributed by atoms with E-state index in [4.69, 9.17) is 4.74 Å². The molecule has 5 nitrogen and oxygen atoms in total. The lowest BCUT2D eigenvalue weighted by molar-refractivity contribution is -0.141. The summed E-state index contributed by atoms with van der Waals surface area (Å²) < 4.78 is 18.5. The molecule has 0 saturated heterocycles. The SMILES string of the molecule is COCCCNC(=O)[C@@H](c1ccccc1)N(Cc1ccc(F)cc1)C(=O)Cc1ccccc1. The zero-order valence-electron chi connectivity index (χ0n) is 18.7. The molecule has 0 aromatic heterocycles. The third kappa shape index (κ3) is 7.26. The Labute approximate surface area is 194 Å². The molecule has 0 radical (unpaired) electrons. The number of carbonyl (C=O) groups excluding carboxylic acids is 2. The van der Waals surface area contributed by atoms with Gasteiger partial charge in [-0.15, -0.1) is 0 Å². The Morgan fingerprint density at radius 2 is 1.55 bits per heavy atom. The summed E-state index contributed by atoms with van der Waals surface area (Å²) in [7, 11) is 1.61. The van der Waals surface area contributed by atoms with Gasteiger partial charge < -0.3 is 15.0 Å². The van der Waals surface area contributed by atoms with Crippen LogP contribution in [0.4, 0.5) is 4.39 Å². The Kier molecular flexibility index (Phi) is 9.15. The Morgan fingerprint density at radius 1 is 0.909 bits per heavy atom. The largest absolute Gasteiger partial charge is 0.385 e. The highest BCUT2D eigenvalue weighted by Gasteiger charge is 2.31. The zero-order valence-corrected chi connectivity index (χ0v) is 18.7. The lowest BCUT2D eigenvalue weighted by Gasteiger charge is -2.32. The molecular formula is C27H29FN2O3. The predicted molar refractivity (Wildman–Crippen MR) is 126 cm³/mol. The van der Waals surface area contributed by atoms with Crippen LogP contribution in [0.5, 0.6) is 0 Å². The van der Waals surface area contributed by atoms with Crippen LogP contribution in [0.1, 0.15) is 29.2 Å². The van der Waals surface area contributed by atoms with Gasteiger partial charge in [-0.05, 0) is 35.2 Å². The maximum atomic E-state index is 13.5. The number of hydrogen-bond acceptors (Lipinski definition) is 3. The van der Waals surface area contributed by atoms with E-state index in [1.54, 1.807) is 24.1 Å². The second-order valence-corrected chi connectivity index (χ2v) is 7.76. The van der Waals surface area contributed by atoms with Gasteiger partial charge in [-0.25, -0.2) is 4.39 Å². The van der Waals surface area contributed by atoms with Crippen molar-refractivity contribution in [2.45, 2.75) is 25.4 Å². The third-order valence-corrected chi connectivity index (χ3v) is 5.28. The summed E-state index contributed by atoms with van der Waals surface area (Å²) in [4.78, 5) is 28.4. The van der Waals surface area contributed by atoms with E-state index < -0.39 is 6.04 Å². The smallest absolute Gasteiger partial charge is 0.247 e. The first-order chi connectivity index (χ1) is 16.1. The Bertz CT molecular complexity index is 1010. The van der Waals surface area contributed by atoms with Crippen molar-refractivity contribution in [2.24, 2.45) is 0 Å². The molecule has 33 heavy (non-hydrogen) atoms. The van der Waals surface area contributed by atoms with E-state index in [-0.39, 0.29) is 30.6 Å². The van der Waals surface area contributed by atoms with Gasteiger partial charge in [0.2, 0.25) is 11.8 Å². The lowest BCUT2D eigenvalue weighted by Crippen LogP contribution is -2.44. The van der Waals surface area contributed by atoms with Crippen LogP contribution in [0.25, 0.3) is 0 Å². The van der Waals surface area contributed by atoms with Crippen molar-refractivity contribution in [3.8, 4) is 0 Å². The van der Waals surface area contributed by atoms with Gasteiger partial charge in [0.25, 0.3) is 0 Å². The molecule has 6 heteroatoms. The molecule has 0 unspecified atom stereocenters. The van der Waals surface area contributed by atoms with E-state index in [1.165, 1.54) is 12.1 Å². The van der Waals surface area contributed by atoms with Crippen LogP contribution in [0.3, 0.4) is 0 Å². The number of nitrogens with one attached hydrogen (secondary N) is 1. The van der Waals surface area contributed by atoms with Gasteiger partial charge in [-0.2, -0.15) is 0 Å². The molecule has 3 aromatic rings. The first kappa shape index (κ1) is 24.1. The predicted octanol–water partition coefficient (Wildman–Crippen LogP) is 4.29. The van der Waals surface area contributed by atoms with Gasteiger partial charge in [-0.3, -0.25) is 9.59 Å². The van der Waals surface area contributed by atoms with Crippen molar-refractivity contribution in [3.63, 3.8) is 0 Å². The minimum absolute atomic E-state index is 0.155. The summed E-state index contributed by atoms with van der Waals surface area (Å²) in [6, 6.07) is 23.8. The first-order valence-corrected chi connectivity index (χ1v) is 11.0. The highest BCUT2D eigenvalue weighted by Crippen LogP contribution is 2.25. The highest BCUT2D eigenvalue weighted by molar-refractivity contribution is 5.89. The number of ether oxygens (including phenoxy) is 1. The summed E-state index contributed by atoms with van der Waals surface area (Å²) in [5.74, 6) is -0.802. The number of carbonyl (C=O) groups is 2. The van der Waals surface area contributed by atoms with Crippen molar-refractivity contribution in [1.82, 2.24) is 10.2 Å². The van der Waals surface area contributed by atoms with Crippen LogP contribution >= 0.6 is 0 Å². The minimum Gasteiger partial charge on any atom is -0.385 e. The molecule has 1 atom stereocenters. The van der Waals surface area contributed by atoms with Crippen LogP contribution in [0, 0.1) is 5.82 Å². The summed E-state index contributed by atoms with van der Waals surface area (Å²) in [5, 5.41) is 2.94. The maximum absolute atomic E-state index is 13.5. The molecule has 0 spiro atoms. The fraction of sp³-hybridized carbons (Fsp3) is 0.259. The molecule has 0 heterocycles. The topological polar surface area (TPSA) is 58.6 Å². The molecule has 1 N–H and O–H groups in total. The summed E-state index contributed by atoms with van der Waals surface area (Å²) in [6.07, 6.45) is 0.821. The van der Waals surface area contributed by atoms with Crippen LogP contribution in [0.2, 0.25) is 0 Å². The molecule has 0 saturated carbocycles. The Hall–Kier alpha value is -3.51.